The fourth-order valence-electron chi connectivity index (χ4n) is 3.04. The molecular weight excluding hydrogens is 234 g/mol. The van der Waals surface area contributed by atoms with E-state index in [0.29, 0.717) is 25.4 Å². The summed E-state index contributed by atoms with van der Waals surface area (Å²) < 4.78 is 5.34. The van der Waals surface area contributed by atoms with Gasteiger partial charge in [0.1, 0.15) is 5.60 Å². The first-order valence-corrected chi connectivity index (χ1v) is 6.47. The van der Waals surface area contributed by atoms with Crippen molar-refractivity contribution in [1.29, 1.82) is 0 Å². The van der Waals surface area contributed by atoms with Crippen molar-refractivity contribution in [2.75, 3.05) is 13.1 Å². The second kappa shape index (κ2) is 4.44. The maximum atomic E-state index is 12.0. The van der Waals surface area contributed by atoms with Gasteiger partial charge in [0.05, 0.1) is 5.92 Å². The Morgan fingerprint density at radius 2 is 1.89 bits per heavy atom. The number of ether oxygens (including phenoxy) is 1. The number of rotatable bonds is 1. The summed E-state index contributed by atoms with van der Waals surface area (Å²) in [6, 6.07) is 0. The molecule has 2 bridgehead atoms. The van der Waals surface area contributed by atoms with Crippen LogP contribution in [-0.2, 0) is 9.53 Å². The smallest absolute Gasteiger partial charge is 0.410 e. The molecule has 2 rings (SSSR count). The van der Waals surface area contributed by atoms with Gasteiger partial charge >= 0.3 is 12.1 Å². The number of carboxylic acids is 1. The van der Waals surface area contributed by atoms with E-state index in [1.165, 1.54) is 0 Å². The Labute approximate surface area is 107 Å². The number of fused-ring (bicyclic) bond motifs is 2. The molecule has 3 unspecified atom stereocenters. The maximum absolute atomic E-state index is 12.0. The summed E-state index contributed by atoms with van der Waals surface area (Å²) >= 11 is 0. The van der Waals surface area contributed by atoms with Crippen LogP contribution >= 0.6 is 0 Å². The van der Waals surface area contributed by atoms with Crippen molar-refractivity contribution in [2.45, 2.75) is 39.2 Å². The van der Waals surface area contributed by atoms with Crippen LogP contribution in [0.4, 0.5) is 4.79 Å². The molecule has 18 heavy (non-hydrogen) atoms. The lowest BCUT2D eigenvalue weighted by Gasteiger charge is -2.33. The van der Waals surface area contributed by atoms with E-state index in [-0.39, 0.29) is 17.9 Å². The lowest BCUT2D eigenvalue weighted by Crippen LogP contribution is -2.44. The highest BCUT2D eigenvalue weighted by molar-refractivity contribution is 5.72. The highest BCUT2D eigenvalue weighted by Crippen LogP contribution is 2.41. The van der Waals surface area contributed by atoms with Crippen LogP contribution in [0.1, 0.15) is 33.6 Å². The first-order chi connectivity index (χ1) is 8.26. The van der Waals surface area contributed by atoms with Gasteiger partial charge < -0.3 is 14.7 Å². The van der Waals surface area contributed by atoms with Crippen LogP contribution in [0.3, 0.4) is 0 Å². The van der Waals surface area contributed by atoms with Crippen molar-refractivity contribution >= 4 is 12.1 Å². The summed E-state index contributed by atoms with van der Waals surface area (Å²) in [4.78, 5) is 24.8. The molecule has 2 fully saturated rings. The molecule has 1 heterocycles. The highest BCUT2D eigenvalue weighted by Gasteiger charge is 2.45. The highest BCUT2D eigenvalue weighted by atomic mass is 16.6. The van der Waals surface area contributed by atoms with Gasteiger partial charge in [-0.05, 0) is 45.4 Å². The van der Waals surface area contributed by atoms with Crippen LogP contribution in [-0.4, -0.2) is 40.8 Å². The number of carboxylic acid groups (broad SMARTS) is 1. The molecular formula is C13H21NO4. The normalized spacial score (nSPS) is 31.3. The average molecular weight is 255 g/mol. The number of carbonyl (C=O) groups is 2. The van der Waals surface area contributed by atoms with E-state index in [1.807, 2.05) is 20.8 Å². The van der Waals surface area contributed by atoms with Crippen LogP contribution in [0.5, 0.6) is 0 Å². The van der Waals surface area contributed by atoms with Gasteiger partial charge in [-0.15, -0.1) is 0 Å². The molecule has 0 aromatic carbocycles. The number of piperidine rings is 1. The molecule has 0 aromatic rings. The number of hydrogen-bond donors (Lipinski definition) is 1. The van der Waals surface area contributed by atoms with Crippen molar-refractivity contribution in [1.82, 2.24) is 4.90 Å². The topological polar surface area (TPSA) is 66.8 Å². The van der Waals surface area contributed by atoms with Crippen LogP contribution in [0, 0.1) is 17.8 Å². The molecule has 1 aliphatic carbocycles. The summed E-state index contributed by atoms with van der Waals surface area (Å²) in [7, 11) is 0. The first-order valence-electron chi connectivity index (χ1n) is 6.47. The zero-order valence-electron chi connectivity index (χ0n) is 11.2. The molecule has 3 atom stereocenters. The quantitative estimate of drug-likeness (QED) is 0.777. The Hall–Kier alpha value is -1.26. The SMILES string of the molecule is CC(C)(C)OC(=O)N1CC2CC(C1)C(C(=O)O)C2. The van der Waals surface area contributed by atoms with E-state index < -0.39 is 11.6 Å². The van der Waals surface area contributed by atoms with E-state index in [4.69, 9.17) is 9.84 Å². The van der Waals surface area contributed by atoms with Crippen molar-refractivity contribution in [3.63, 3.8) is 0 Å². The standard InChI is InChI=1S/C13H21NO4/c1-13(2,3)18-12(17)14-6-8-4-9(7-14)10(5-8)11(15)16/h8-10H,4-7H2,1-3H3,(H,15,16). The number of hydrogen-bond acceptors (Lipinski definition) is 3. The molecule has 1 amide bonds. The van der Waals surface area contributed by atoms with Gasteiger partial charge in [-0.3, -0.25) is 4.79 Å². The van der Waals surface area contributed by atoms with Crippen molar-refractivity contribution in [3.05, 3.63) is 0 Å². The summed E-state index contributed by atoms with van der Waals surface area (Å²) in [5.41, 5.74) is -0.500. The largest absolute Gasteiger partial charge is 0.481 e. The summed E-state index contributed by atoms with van der Waals surface area (Å²) in [6.45, 7) is 6.66. The van der Waals surface area contributed by atoms with E-state index in [0.717, 1.165) is 6.42 Å². The van der Waals surface area contributed by atoms with Gasteiger partial charge in [0.25, 0.3) is 0 Å². The minimum Gasteiger partial charge on any atom is -0.481 e. The van der Waals surface area contributed by atoms with Gasteiger partial charge in [0.2, 0.25) is 0 Å². The molecule has 1 saturated carbocycles. The minimum absolute atomic E-state index is 0.0915. The monoisotopic (exact) mass is 255 g/mol. The molecule has 1 N–H and O–H groups in total. The van der Waals surface area contributed by atoms with Gasteiger partial charge in [0.15, 0.2) is 0 Å². The van der Waals surface area contributed by atoms with Crippen LogP contribution in [0.2, 0.25) is 0 Å². The predicted molar refractivity (Wildman–Crippen MR) is 65.1 cm³/mol. The third-order valence-electron chi connectivity index (χ3n) is 3.69. The fourth-order valence-corrected chi connectivity index (χ4v) is 3.04. The van der Waals surface area contributed by atoms with Crippen molar-refractivity contribution in [3.8, 4) is 0 Å². The van der Waals surface area contributed by atoms with E-state index in [9.17, 15) is 9.59 Å². The van der Waals surface area contributed by atoms with E-state index >= 15 is 0 Å². The predicted octanol–water partition coefficient (Wildman–Crippen LogP) is 1.96. The van der Waals surface area contributed by atoms with Crippen LogP contribution in [0.15, 0.2) is 0 Å². The summed E-state index contributed by atoms with van der Waals surface area (Å²) in [6.07, 6.45) is 1.30. The molecule has 0 aromatic heterocycles. The van der Waals surface area contributed by atoms with Crippen LogP contribution < -0.4 is 0 Å². The molecule has 5 heteroatoms. The summed E-state index contributed by atoms with van der Waals surface area (Å²) in [5, 5.41) is 9.14. The molecule has 0 spiro atoms. The van der Waals surface area contributed by atoms with Gasteiger partial charge in [-0.2, -0.15) is 0 Å². The van der Waals surface area contributed by atoms with E-state index in [1.54, 1.807) is 4.90 Å². The lowest BCUT2D eigenvalue weighted by atomic mass is 9.95. The fraction of sp³-hybridized carbons (Fsp3) is 0.846. The molecule has 5 nitrogen and oxygen atoms in total. The number of aliphatic carboxylic acids is 1. The third kappa shape index (κ3) is 2.76. The van der Waals surface area contributed by atoms with Gasteiger partial charge in [-0.1, -0.05) is 0 Å². The van der Waals surface area contributed by atoms with Crippen LogP contribution in [0.25, 0.3) is 0 Å². The van der Waals surface area contributed by atoms with Gasteiger partial charge in [-0.25, -0.2) is 4.79 Å². The Bertz CT molecular complexity index is 360. The molecule has 102 valence electrons. The number of nitrogens with zero attached hydrogens (tertiary/aromatic N) is 1. The second-order valence-electron chi connectivity index (χ2n) is 6.43. The third-order valence-corrected chi connectivity index (χ3v) is 3.69. The molecule has 0 radical (unpaired) electrons. The molecule has 1 aliphatic heterocycles. The zero-order chi connectivity index (χ0) is 13.5. The average Bonchev–Trinajstić information content (AvgIpc) is 2.51. The maximum Gasteiger partial charge on any atom is 0.410 e. The number of likely N-dealkylation sites (tertiary alicyclic amines) is 1. The van der Waals surface area contributed by atoms with E-state index in [2.05, 4.69) is 0 Å². The minimum atomic E-state index is -0.728. The van der Waals surface area contributed by atoms with Gasteiger partial charge in [0, 0.05) is 13.1 Å². The molecule has 2 aliphatic rings. The Balaban J connectivity index is 1.99. The Kier molecular flexibility index (Phi) is 3.25. The number of amides is 1. The Morgan fingerprint density at radius 3 is 2.44 bits per heavy atom. The van der Waals surface area contributed by atoms with Crippen molar-refractivity contribution in [2.24, 2.45) is 17.8 Å². The van der Waals surface area contributed by atoms with Crippen molar-refractivity contribution < 1.29 is 19.4 Å². The Morgan fingerprint density at radius 1 is 1.22 bits per heavy atom. The summed E-state index contributed by atoms with van der Waals surface area (Å²) in [5.74, 6) is -0.609. The second-order valence-corrected chi connectivity index (χ2v) is 6.43. The molecule has 1 saturated heterocycles. The lowest BCUT2D eigenvalue weighted by molar-refractivity contribution is -0.143. The number of carbonyl (C=O) groups excluding carboxylic acids is 1. The first kappa shape index (κ1) is 13.2. The zero-order valence-corrected chi connectivity index (χ0v) is 11.2.